The van der Waals surface area contributed by atoms with Gasteiger partial charge in [-0.15, -0.1) is 0 Å². The molecular formula is C18H22N4O2. The van der Waals surface area contributed by atoms with Crippen LogP contribution in [0.15, 0.2) is 42.6 Å². The summed E-state index contributed by atoms with van der Waals surface area (Å²) in [6.45, 7) is 2.90. The van der Waals surface area contributed by atoms with Gasteiger partial charge in [-0.3, -0.25) is 9.59 Å². The van der Waals surface area contributed by atoms with E-state index in [9.17, 15) is 9.59 Å². The molecular weight excluding hydrogens is 304 g/mol. The number of pyridine rings is 1. The number of carbonyl (C=O) groups is 2. The summed E-state index contributed by atoms with van der Waals surface area (Å²) in [5, 5.41) is 6.00. The van der Waals surface area contributed by atoms with E-state index in [1.165, 1.54) is 6.92 Å². The Labute approximate surface area is 141 Å². The van der Waals surface area contributed by atoms with E-state index >= 15 is 0 Å². The van der Waals surface area contributed by atoms with Gasteiger partial charge in [-0.05, 0) is 57.4 Å². The topological polar surface area (TPSA) is 74.3 Å². The largest absolute Gasteiger partial charge is 0.354 e. The number of nitrogens with one attached hydrogen (secondary N) is 2. The Balaban J connectivity index is 1.94. The molecule has 1 aromatic heterocycles. The molecule has 24 heavy (non-hydrogen) atoms. The number of amides is 1. The highest BCUT2D eigenvalue weighted by atomic mass is 16.1. The number of ketones is 1. The van der Waals surface area contributed by atoms with Crippen LogP contribution in [0.2, 0.25) is 0 Å². The molecule has 0 saturated heterocycles. The molecule has 0 saturated carbocycles. The summed E-state index contributed by atoms with van der Waals surface area (Å²) in [5.41, 5.74) is 2.68. The number of anilines is 2. The maximum Gasteiger partial charge on any atom is 0.269 e. The van der Waals surface area contributed by atoms with Crippen molar-refractivity contribution in [3.8, 4) is 0 Å². The molecule has 1 amide bonds. The fraction of sp³-hybridized carbons (Fsp3) is 0.278. The molecule has 2 aromatic rings. The van der Waals surface area contributed by atoms with Crippen LogP contribution in [-0.4, -0.2) is 48.8 Å². The normalized spacial score (nSPS) is 10.5. The molecule has 2 N–H and O–H groups in total. The second-order valence-corrected chi connectivity index (χ2v) is 5.75. The molecule has 0 unspecified atom stereocenters. The van der Waals surface area contributed by atoms with Gasteiger partial charge in [0.2, 0.25) is 0 Å². The number of Topliss-reactive ketones (excluding diaryl/α,β-unsaturated/α-hetero) is 1. The Hall–Kier alpha value is -2.73. The first-order valence-corrected chi connectivity index (χ1v) is 7.72. The minimum Gasteiger partial charge on any atom is -0.354 e. The lowest BCUT2D eigenvalue weighted by Crippen LogP contribution is -2.31. The van der Waals surface area contributed by atoms with Crippen molar-refractivity contribution >= 4 is 23.1 Å². The minimum atomic E-state index is -0.186. The predicted octanol–water partition coefficient (Wildman–Crippen LogP) is 2.32. The van der Waals surface area contributed by atoms with Crippen LogP contribution in [0.1, 0.15) is 27.8 Å². The summed E-state index contributed by atoms with van der Waals surface area (Å²) in [7, 11) is 3.90. The first kappa shape index (κ1) is 17.6. The lowest BCUT2D eigenvalue weighted by atomic mass is 10.1. The van der Waals surface area contributed by atoms with E-state index < -0.39 is 0 Å². The van der Waals surface area contributed by atoms with Gasteiger partial charge in [0.25, 0.3) is 5.91 Å². The van der Waals surface area contributed by atoms with Crippen molar-refractivity contribution in [3.63, 3.8) is 0 Å². The van der Waals surface area contributed by atoms with E-state index in [0.29, 0.717) is 17.8 Å². The van der Waals surface area contributed by atoms with E-state index in [1.807, 2.05) is 31.1 Å². The van der Waals surface area contributed by atoms with Crippen molar-refractivity contribution in [3.05, 3.63) is 53.9 Å². The Bertz CT molecular complexity index is 694. The highest BCUT2D eigenvalue weighted by Crippen LogP contribution is 2.16. The molecule has 6 nitrogen and oxygen atoms in total. The molecule has 0 atom stereocenters. The number of hydrogen-bond acceptors (Lipinski definition) is 5. The molecule has 1 heterocycles. The van der Waals surface area contributed by atoms with Crippen molar-refractivity contribution < 1.29 is 9.59 Å². The summed E-state index contributed by atoms with van der Waals surface area (Å²) in [5.74, 6) is -0.151. The van der Waals surface area contributed by atoms with Gasteiger partial charge in [-0.1, -0.05) is 0 Å². The molecule has 0 spiro atoms. The third-order valence-corrected chi connectivity index (χ3v) is 3.42. The molecule has 2 rings (SSSR count). The molecule has 0 aliphatic carbocycles. The Morgan fingerprint density at radius 3 is 2.25 bits per heavy atom. The van der Waals surface area contributed by atoms with Crippen molar-refractivity contribution in [2.24, 2.45) is 0 Å². The van der Waals surface area contributed by atoms with Crippen LogP contribution in [0.5, 0.6) is 0 Å². The fourth-order valence-corrected chi connectivity index (χ4v) is 2.04. The van der Waals surface area contributed by atoms with Gasteiger partial charge in [0.1, 0.15) is 5.69 Å². The number of benzene rings is 1. The molecule has 0 fully saturated rings. The predicted molar refractivity (Wildman–Crippen MR) is 94.9 cm³/mol. The molecule has 6 heteroatoms. The lowest BCUT2D eigenvalue weighted by Gasteiger charge is -2.10. The van der Waals surface area contributed by atoms with Crippen molar-refractivity contribution in [1.29, 1.82) is 0 Å². The zero-order valence-electron chi connectivity index (χ0n) is 14.2. The van der Waals surface area contributed by atoms with Gasteiger partial charge < -0.3 is 15.5 Å². The third kappa shape index (κ3) is 5.17. The SMILES string of the molecule is CC(=O)c1ccc(Nc2ccc(C(=O)NCCN(C)C)nc2)cc1. The number of hydrogen-bond donors (Lipinski definition) is 2. The first-order chi connectivity index (χ1) is 11.5. The third-order valence-electron chi connectivity index (χ3n) is 3.42. The smallest absolute Gasteiger partial charge is 0.269 e. The standard InChI is InChI=1S/C18H22N4O2/c1-13(23)14-4-6-15(7-5-14)21-16-8-9-17(20-12-16)18(24)19-10-11-22(2)3/h4-9,12,21H,10-11H2,1-3H3,(H,19,24). The molecule has 0 aliphatic rings. The number of carbonyl (C=O) groups excluding carboxylic acids is 2. The van der Waals surface area contributed by atoms with Gasteiger partial charge in [0, 0.05) is 24.3 Å². The summed E-state index contributed by atoms with van der Waals surface area (Å²) in [6.07, 6.45) is 1.61. The quantitative estimate of drug-likeness (QED) is 0.764. The second-order valence-electron chi connectivity index (χ2n) is 5.75. The molecule has 0 bridgehead atoms. The summed E-state index contributed by atoms with van der Waals surface area (Å²) in [4.78, 5) is 29.4. The maximum atomic E-state index is 12.0. The van der Waals surface area contributed by atoms with Crippen LogP contribution in [0.3, 0.4) is 0 Å². The van der Waals surface area contributed by atoms with E-state index in [0.717, 1.165) is 17.9 Å². The second kappa shape index (κ2) is 8.21. The highest BCUT2D eigenvalue weighted by molar-refractivity contribution is 5.94. The van der Waals surface area contributed by atoms with E-state index in [1.54, 1.807) is 30.5 Å². The Kier molecular flexibility index (Phi) is 6.03. The Morgan fingerprint density at radius 2 is 1.71 bits per heavy atom. The minimum absolute atomic E-state index is 0.0350. The van der Waals surface area contributed by atoms with Crippen molar-refractivity contribution in [2.75, 3.05) is 32.5 Å². The van der Waals surface area contributed by atoms with Crippen molar-refractivity contribution in [1.82, 2.24) is 15.2 Å². The molecule has 0 radical (unpaired) electrons. The first-order valence-electron chi connectivity index (χ1n) is 7.72. The Morgan fingerprint density at radius 1 is 1.04 bits per heavy atom. The summed E-state index contributed by atoms with van der Waals surface area (Å²) < 4.78 is 0. The zero-order valence-corrected chi connectivity index (χ0v) is 14.2. The summed E-state index contributed by atoms with van der Waals surface area (Å²) in [6, 6.07) is 10.7. The van der Waals surface area contributed by atoms with E-state index in [-0.39, 0.29) is 11.7 Å². The molecule has 0 aliphatic heterocycles. The highest BCUT2D eigenvalue weighted by Gasteiger charge is 2.07. The molecule has 1 aromatic carbocycles. The van der Waals surface area contributed by atoms with Gasteiger partial charge in [0.05, 0.1) is 11.9 Å². The van der Waals surface area contributed by atoms with Crippen molar-refractivity contribution in [2.45, 2.75) is 6.92 Å². The van der Waals surface area contributed by atoms with Crippen LogP contribution < -0.4 is 10.6 Å². The van der Waals surface area contributed by atoms with Crippen LogP contribution in [0.4, 0.5) is 11.4 Å². The average Bonchev–Trinajstić information content (AvgIpc) is 2.55. The molecule has 126 valence electrons. The summed E-state index contributed by atoms with van der Waals surface area (Å²) >= 11 is 0. The van der Waals surface area contributed by atoms with Crippen LogP contribution in [0.25, 0.3) is 0 Å². The number of aromatic nitrogens is 1. The van der Waals surface area contributed by atoms with Crippen LogP contribution in [0, 0.1) is 0 Å². The maximum absolute atomic E-state index is 12.0. The number of likely N-dealkylation sites (N-methyl/N-ethyl adjacent to an activating group) is 1. The van der Waals surface area contributed by atoms with Crippen LogP contribution >= 0.6 is 0 Å². The number of nitrogens with zero attached hydrogens (tertiary/aromatic N) is 2. The van der Waals surface area contributed by atoms with Crippen LogP contribution in [-0.2, 0) is 0 Å². The fourth-order valence-electron chi connectivity index (χ4n) is 2.04. The lowest BCUT2D eigenvalue weighted by molar-refractivity contribution is 0.0945. The zero-order chi connectivity index (χ0) is 17.5. The van der Waals surface area contributed by atoms with Gasteiger partial charge in [0.15, 0.2) is 5.78 Å². The number of rotatable bonds is 7. The van der Waals surface area contributed by atoms with E-state index in [4.69, 9.17) is 0 Å². The average molecular weight is 326 g/mol. The van der Waals surface area contributed by atoms with Gasteiger partial charge in [-0.2, -0.15) is 0 Å². The van der Waals surface area contributed by atoms with Gasteiger partial charge >= 0.3 is 0 Å². The monoisotopic (exact) mass is 326 g/mol. The van der Waals surface area contributed by atoms with E-state index in [2.05, 4.69) is 15.6 Å². The van der Waals surface area contributed by atoms with Gasteiger partial charge in [-0.25, -0.2) is 4.98 Å².